The summed E-state index contributed by atoms with van der Waals surface area (Å²) in [7, 11) is -9.91. The van der Waals surface area contributed by atoms with E-state index in [1.54, 1.807) is 0 Å². The number of hydrogen-bond acceptors (Lipinski definition) is 15. The first kappa shape index (κ1) is 96.1. The zero-order valence-electron chi connectivity index (χ0n) is 64.1. The van der Waals surface area contributed by atoms with Crippen molar-refractivity contribution in [3.63, 3.8) is 0 Å². The molecule has 17 nitrogen and oxygen atoms in total. The normalized spacial score (nSPS) is 13.9. The Morgan fingerprint density at radius 3 is 0.694 bits per heavy atom. The number of unbranched alkanes of at least 4 members (excludes halogenated alkanes) is 48. The summed E-state index contributed by atoms with van der Waals surface area (Å²) >= 11 is 0. The van der Waals surface area contributed by atoms with Crippen molar-refractivity contribution in [2.45, 2.75) is 432 Å². The maximum Gasteiger partial charge on any atom is 0.472 e. The van der Waals surface area contributed by atoms with Gasteiger partial charge in [-0.1, -0.05) is 363 Å². The first-order valence-electron chi connectivity index (χ1n) is 41.0. The summed E-state index contributed by atoms with van der Waals surface area (Å²) in [5, 5.41) is 10.6. The molecule has 0 aromatic rings. The summed E-state index contributed by atoms with van der Waals surface area (Å²) in [5.41, 5.74) is 0. The molecule has 0 fully saturated rings. The molecule has 0 saturated carbocycles. The molecule has 582 valence electrons. The second kappa shape index (κ2) is 70.7. The van der Waals surface area contributed by atoms with E-state index in [4.69, 9.17) is 37.0 Å². The highest BCUT2D eigenvalue weighted by Gasteiger charge is 2.30. The number of aliphatic hydroxyl groups is 1. The van der Waals surface area contributed by atoms with Crippen LogP contribution in [-0.4, -0.2) is 96.7 Å². The number of phosphoric ester groups is 2. The summed E-state index contributed by atoms with van der Waals surface area (Å²) in [4.78, 5) is 72.8. The van der Waals surface area contributed by atoms with Gasteiger partial charge in [0, 0.05) is 25.7 Å². The van der Waals surface area contributed by atoms with Gasteiger partial charge in [0.2, 0.25) is 0 Å². The van der Waals surface area contributed by atoms with Gasteiger partial charge in [-0.25, -0.2) is 9.13 Å². The minimum absolute atomic E-state index is 0.104. The lowest BCUT2D eigenvalue weighted by Gasteiger charge is -2.21. The monoisotopic (exact) mass is 1440 g/mol. The van der Waals surface area contributed by atoms with Crippen molar-refractivity contribution in [2.75, 3.05) is 39.6 Å². The van der Waals surface area contributed by atoms with Crippen molar-refractivity contribution < 1.29 is 80.2 Å². The molecule has 0 bridgehead atoms. The molecule has 0 saturated heterocycles. The number of aliphatic hydroxyl groups excluding tert-OH is 1. The lowest BCUT2D eigenvalue weighted by molar-refractivity contribution is -0.161. The van der Waals surface area contributed by atoms with Crippen LogP contribution in [-0.2, 0) is 65.4 Å². The van der Waals surface area contributed by atoms with Crippen LogP contribution >= 0.6 is 15.6 Å². The van der Waals surface area contributed by atoms with E-state index >= 15 is 0 Å². The van der Waals surface area contributed by atoms with Gasteiger partial charge in [-0.2, -0.15) is 0 Å². The number of carbonyl (C=O) groups excluding carboxylic acids is 4. The molecule has 2 unspecified atom stereocenters. The van der Waals surface area contributed by atoms with Crippen LogP contribution < -0.4 is 0 Å². The van der Waals surface area contributed by atoms with Gasteiger partial charge < -0.3 is 33.8 Å². The fourth-order valence-electron chi connectivity index (χ4n) is 12.2. The molecule has 0 aliphatic heterocycles. The maximum atomic E-state index is 13.1. The predicted octanol–water partition coefficient (Wildman–Crippen LogP) is 23.5. The van der Waals surface area contributed by atoms with E-state index in [1.165, 1.54) is 231 Å². The summed E-state index contributed by atoms with van der Waals surface area (Å²) in [6, 6.07) is 0. The van der Waals surface area contributed by atoms with Gasteiger partial charge in [0.25, 0.3) is 0 Å². The fraction of sp³-hybridized carbons (Fsp3) is 0.949. The van der Waals surface area contributed by atoms with Gasteiger partial charge in [-0.05, 0) is 37.5 Å². The lowest BCUT2D eigenvalue weighted by atomic mass is 10.0. The molecule has 0 amide bonds. The van der Waals surface area contributed by atoms with E-state index in [-0.39, 0.29) is 25.7 Å². The average Bonchev–Trinajstić information content (AvgIpc) is 1.05. The van der Waals surface area contributed by atoms with Crippen LogP contribution in [0.25, 0.3) is 0 Å². The van der Waals surface area contributed by atoms with Crippen molar-refractivity contribution in [3.8, 4) is 0 Å². The smallest absolute Gasteiger partial charge is 0.462 e. The average molecular weight is 1440 g/mol. The molecular formula is C79H154O17P2. The summed E-state index contributed by atoms with van der Waals surface area (Å²) in [6.07, 6.45) is 59.9. The minimum Gasteiger partial charge on any atom is -0.462 e. The van der Waals surface area contributed by atoms with Crippen LogP contribution in [0, 0.1) is 11.8 Å². The topological polar surface area (TPSA) is 237 Å². The van der Waals surface area contributed by atoms with E-state index in [9.17, 15) is 43.2 Å². The fourth-order valence-corrected chi connectivity index (χ4v) is 13.8. The number of carbonyl (C=O) groups is 4. The Morgan fingerprint density at radius 1 is 0.276 bits per heavy atom. The SMILES string of the molecule is CCCCCCCCCCCCCCCCCCCCCCCC(=O)O[C@H](COC(=O)CCCCCCCCCCCCCCCCC(C)C)COP(=O)(O)OC[C@@H](O)COP(=O)(O)OC[C@@H](COC(=O)CCCCCCCCCCCC)OC(=O)CCCCCCCCCC(C)C. The summed E-state index contributed by atoms with van der Waals surface area (Å²) < 4.78 is 68.6. The summed E-state index contributed by atoms with van der Waals surface area (Å²) in [6.45, 7) is 9.56. The molecule has 98 heavy (non-hydrogen) atoms. The Labute approximate surface area is 600 Å². The highest BCUT2D eigenvalue weighted by molar-refractivity contribution is 7.47. The van der Waals surface area contributed by atoms with E-state index in [0.29, 0.717) is 31.6 Å². The van der Waals surface area contributed by atoms with Crippen LogP contribution in [0.4, 0.5) is 0 Å². The summed E-state index contributed by atoms with van der Waals surface area (Å²) in [5.74, 6) is -0.620. The zero-order chi connectivity index (χ0) is 72.1. The standard InChI is InChI=1S/C79H154O17P2/c1-7-9-11-13-15-17-19-20-21-22-23-24-25-26-27-32-35-39-45-51-57-63-78(83)95-74(67-90-77(82)62-56-50-44-38-34-31-29-28-30-33-36-41-47-53-59-71(3)4)69-93-97(85,86)91-65-73(80)66-92-98(87,88)94-70-75(96-79(84)64-58-52-46-40-42-48-54-60-72(5)6)68-89-76(81)61-55-49-43-37-18-16-14-12-10-8-2/h71-75,80H,7-70H2,1-6H3,(H,85,86)(H,87,88)/t73-,74-,75-/m1/s1. The number of esters is 4. The first-order chi connectivity index (χ1) is 47.4. The Kier molecular flexibility index (Phi) is 69.3. The molecular weight excluding hydrogens is 1280 g/mol. The lowest BCUT2D eigenvalue weighted by Crippen LogP contribution is -2.30. The zero-order valence-corrected chi connectivity index (χ0v) is 65.9. The largest absolute Gasteiger partial charge is 0.472 e. The van der Waals surface area contributed by atoms with Crippen molar-refractivity contribution in [1.29, 1.82) is 0 Å². The Morgan fingerprint density at radius 2 is 0.469 bits per heavy atom. The first-order valence-corrected chi connectivity index (χ1v) is 44.0. The van der Waals surface area contributed by atoms with E-state index in [0.717, 1.165) is 95.8 Å². The Hall–Kier alpha value is -1.94. The molecule has 5 atom stereocenters. The maximum absolute atomic E-state index is 13.1. The van der Waals surface area contributed by atoms with Crippen LogP contribution in [0.2, 0.25) is 0 Å². The van der Waals surface area contributed by atoms with Crippen LogP contribution in [0.15, 0.2) is 0 Å². The third kappa shape index (κ3) is 72.4. The van der Waals surface area contributed by atoms with Crippen molar-refractivity contribution in [3.05, 3.63) is 0 Å². The number of phosphoric acid groups is 2. The van der Waals surface area contributed by atoms with Crippen LogP contribution in [0.5, 0.6) is 0 Å². The van der Waals surface area contributed by atoms with Gasteiger partial charge in [0.1, 0.15) is 19.3 Å². The van der Waals surface area contributed by atoms with E-state index in [1.807, 2.05) is 0 Å². The van der Waals surface area contributed by atoms with E-state index in [2.05, 4.69) is 41.5 Å². The second-order valence-electron chi connectivity index (χ2n) is 29.4. The van der Waals surface area contributed by atoms with E-state index < -0.39 is 97.5 Å². The third-order valence-electron chi connectivity index (χ3n) is 18.5. The van der Waals surface area contributed by atoms with Gasteiger partial charge in [-0.3, -0.25) is 37.3 Å². The quantitative estimate of drug-likeness (QED) is 0.0222. The van der Waals surface area contributed by atoms with Gasteiger partial charge in [0.05, 0.1) is 26.4 Å². The number of ether oxygens (including phenoxy) is 4. The number of hydrogen-bond donors (Lipinski definition) is 3. The van der Waals surface area contributed by atoms with Crippen molar-refractivity contribution in [2.24, 2.45) is 11.8 Å². The molecule has 0 aromatic carbocycles. The molecule has 0 aromatic heterocycles. The molecule has 0 aliphatic rings. The molecule has 0 aliphatic carbocycles. The highest BCUT2D eigenvalue weighted by atomic mass is 31.2. The van der Waals surface area contributed by atoms with Crippen LogP contribution in [0.3, 0.4) is 0 Å². The van der Waals surface area contributed by atoms with Crippen LogP contribution in [0.1, 0.15) is 414 Å². The Balaban J connectivity index is 5.19. The third-order valence-corrected chi connectivity index (χ3v) is 20.4. The molecule has 0 radical (unpaired) electrons. The van der Waals surface area contributed by atoms with Crippen molar-refractivity contribution in [1.82, 2.24) is 0 Å². The molecule has 0 heterocycles. The number of rotatable bonds is 78. The van der Waals surface area contributed by atoms with Gasteiger partial charge in [-0.15, -0.1) is 0 Å². The van der Waals surface area contributed by atoms with Gasteiger partial charge >= 0.3 is 39.5 Å². The predicted molar refractivity (Wildman–Crippen MR) is 400 cm³/mol. The highest BCUT2D eigenvalue weighted by Crippen LogP contribution is 2.45. The molecule has 19 heteroatoms. The molecule has 0 spiro atoms. The van der Waals surface area contributed by atoms with Gasteiger partial charge in [0.15, 0.2) is 12.2 Å². The van der Waals surface area contributed by atoms with Crippen molar-refractivity contribution >= 4 is 39.5 Å². The minimum atomic E-state index is -4.96. The molecule has 3 N–H and O–H groups in total. The second-order valence-corrected chi connectivity index (χ2v) is 32.3. The molecule has 0 rings (SSSR count). The Bertz CT molecular complexity index is 1890.